The molecule has 0 saturated heterocycles. The van der Waals surface area contributed by atoms with Crippen LogP contribution >= 0.6 is 15.9 Å². The fraction of sp³-hybridized carbons (Fsp3) is 0.556. The van der Waals surface area contributed by atoms with E-state index in [0.29, 0.717) is 40.5 Å². The Balaban J connectivity index is 2.82. The number of halogens is 1. The maximum atomic E-state index is 12.5. The Morgan fingerprint density at radius 3 is 2.19 bits per heavy atom. The molecule has 0 spiro atoms. The van der Waals surface area contributed by atoms with Crippen LogP contribution in [0, 0.1) is 5.92 Å². The monoisotopic (exact) mass is 430 g/mol. The number of ether oxygens (including phenoxy) is 3. The number of carbonyl (C=O) groups is 2. The van der Waals surface area contributed by atoms with E-state index in [-0.39, 0.29) is 18.5 Å². The minimum Gasteiger partial charge on any atom is -0.495 e. The summed E-state index contributed by atoms with van der Waals surface area (Å²) >= 11 is 3.37. The number of benzene rings is 1. The second-order valence-electron chi connectivity index (χ2n) is 6.10. The molecule has 2 amide bonds. The molecular weight excluding hydrogens is 404 g/mol. The van der Waals surface area contributed by atoms with Crippen molar-refractivity contribution < 1.29 is 23.8 Å². The van der Waals surface area contributed by atoms with Gasteiger partial charge in [0.1, 0.15) is 16.0 Å². The lowest BCUT2D eigenvalue weighted by Crippen LogP contribution is -2.44. The van der Waals surface area contributed by atoms with Gasteiger partial charge in [0, 0.05) is 18.2 Å². The van der Waals surface area contributed by atoms with Gasteiger partial charge in [-0.05, 0) is 47.3 Å². The summed E-state index contributed by atoms with van der Waals surface area (Å²) in [6.45, 7) is 6.42. The maximum Gasteiger partial charge on any atom is 0.407 e. The van der Waals surface area contributed by atoms with Crippen LogP contribution in [-0.4, -0.2) is 45.4 Å². The van der Waals surface area contributed by atoms with Gasteiger partial charge in [-0.25, -0.2) is 4.79 Å². The van der Waals surface area contributed by atoms with Gasteiger partial charge < -0.3 is 24.8 Å². The Kier molecular flexibility index (Phi) is 9.26. The van der Waals surface area contributed by atoms with Crippen molar-refractivity contribution in [2.75, 3.05) is 27.4 Å². The normalized spacial score (nSPS) is 11.7. The zero-order chi connectivity index (χ0) is 19.7. The molecule has 0 saturated carbocycles. The minimum atomic E-state index is -0.487. The summed E-state index contributed by atoms with van der Waals surface area (Å²) in [5.41, 5.74) is 0.404. The fourth-order valence-corrected chi connectivity index (χ4v) is 2.97. The Morgan fingerprint density at radius 1 is 1.15 bits per heavy atom. The number of hydrogen-bond acceptors (Lipinski definition) is 5. The lowest BCUT2D eigenvalue weighted by Gasteiger charge is -2.21. The topological polar surface area (TPSA) is 85.9 Å². The first kappa shape index (κ1) is 22.1. The van der Waals surface area contributed by atoms with Crippen molar-refractivity contribution >= 4 is 27.9 Å². The van der Waals surface area contributed by atoms with Gasteiger partial charge in [0.15, 0.2) is 0 Å². The van der Waals surface area contributed by atoms with Crippen molar-refractivity contribution in [3.05, 3.63) is 22.2 Å². The zero-order valence-corrected chi connectivity index (χ0v) is 17.4. The standard InChI is InChI=1S/C18H27BrN2O5/c1-6-26-18(23)21-13(7-11(2)3)10-20-17(22)12-8-14(24-4)16(19)15(9-12)25-5/h8-9,11,13H,6-7,10H2,1-5H3,(H,20,22)(H,21,23). The molecule has 0 aromatic heterocycles. The fourth-order valence-electron chi connectivity index (χ4n) is 2.42. The van der Waals surface area contributed by atoms with Crippen LogP contribution in [0.15, 0.2) is 16.6 Å². The van der Waals surface area contributed by atoms with Gasteiger partial charge in [-0.3, -0.25) is 4.79 Å². The van der Waals surface area contributed by atoms with Gasteiger partial charge in [-0.2, -0.15) is 0 Å². The molecule has 1 aromatic rings. The average molecular weight is 431 g/mol. The van der Waals surface area contributed by atoms with Crippen molar-refractivity contribution in [3.8, 4) is 11.5 Å². The molecule has 1 atom stereocenters. The second kappa shape index (κ2) is 10.9. The van der Waals surface area contributed by atoms with Crippen LogP contribution in [0.3, 0.4) is 0 Å². The number of methoxy groups -OCH3 is 2. The molecule has 2 N–H and O–H groups in total. The lowest BCUT2D eigenvalue weighted by molar-refractivity contribution is 0.0944. The molecule has 1 rings (SSSR count). The molecule has 8 heteroatoms. The smallest absolute Gasteiger partial charge is 0.407 e. The summed E-state index contributed by atoms with van der Waals surface area (Å²) in [6, 6.07) is 3.02. The van der Waals surface area contributed by atoms with Crippen LogP contribution in [0.1, 0.15) is 37.6 Å². The van der Waals surface area contributed by atoms with E-state index in [9.17, 15) is 9.59 Å². The van der Waals surface area contributed by atoms with Crippen LogP contribution in [0.2, 0.25) is 0 Å². The number of alkyl carbamates (subject to hydrolysis) is 1. The van der Waals surface area contributed by atoms with Crippen molar-refractivity contribution in [3.63, 3.8) is 0 Å². The van der Waals surface area contributed by atoms with Gasteiger partial charge >= 0.3 is 6.09 Å². The highest BCUT2D eigenvalue weighted by atomic mass is 79.9. The third-order valence-electron chi connectivity index (χ3n) is 3.57. The third-order valence-corrected chi connectivity index (χ3v) is 4.35. The van der Waals surface area contributed by atoms with Gasteiger partial charge in [-0.1, -0.05) is 13.8 Å². The molecule has 1 unspecified atom stereocenters. The van der Waals surface area contributed by atoms with E-state index >= 15 is 0 Å². The number of carbonyl (C=O) groups excluding carboxylic acids is 2. The molecule has 0 aliphatic carbocycles. The largest absolute Gasteiger partial charge is 0.495 e. The Bertz CT molecular complexity index is 597. The molecule has 146 valence electrons. The second-order valence-corrected chi connectivity index (χ2v) is 6.89. The van der Waals surface area contributed by atoms with E-state index in [1.54, 1.807) is 19.1 Å². The summed E-state index contributed by atoms with van der Waals surface area (Å²) in [6.07, 6.45) is 0.228. The Hall–Kier alpha value is -1.96. The number of hydrogen-bond donors (Lipinski definition) is 2. The molecule has 0 heterocycles. The van der Waals surface area contributed by atoms with E-state index in [1.165, 1.54) is 14.2 Å². The maximum absolute atomic E-state index is 12.5. The van der Waals surface area contributed by atoms with Crippen molar-refractivity contribution in [2.24, 2.45) is 5.92 Å². The quantitative estimate of drug-likeness (QED) is 0.627. The molecular formula is C18H27BrN2O5. The zero-order valence-electron chi connectivity index (χ0n) is 15.8. The molecule has 0 fully saturated rings. The molecule has 1 aromatic carbocycles. The average Bonchev–Trinajstić information content (AvgIpc) is 2.59. The number of amides is 2. The highest BCUT2D eigenvalue weighted by molar-refractivity contribution is 9.10. The van der Waals surface area contributed by atoms with Crippen molar-refractivity contribution in [2.45, 2.75) is 33.2 Å². The van der Waals surface area contributed by atoms with E-state index in [1.807, 2.05) is 13.8 Å². The van der Waals surface area contributed by atoms with Crippen LogP contribution in [0.5, 0.6) is 11.5 Å². The van der Waals surface area contributed by atoms with Gasteiger partial charge in [-0.15, -0.1) is 0 Å². The molecule has 0 bridgehead atoms. The first-order valence-electron chi connectivity index (χ1n) is 8.45. The predicted octanol–water partition coefficient (Wildman–Crippen LogP) is 3.36. The van der Waals surface area contributed by atoms with Crippen molar-refractivity contribution in [1.29, 1.82) is 0 Å². The third kappa shape index (κ3) is 6.74. The van der Waals surface area contributed by atoms with Crippen LogP contribution in [-0.2, 0) is 4.74 Å². The predicted molar refractivity (Wildman–Crippen MR) is 103 cm³/mol. The molecule has 7 nitrogen and oxygen atoms in total. The molecule has 0 aliphatic rings. The summed E-state index contributed by atoms with van der Waals surface area (Å²) < 4.78 is 16.1. The van der Waals surface area contributed by atoms with Gasteiger partial charge in [0.25, 0.3) is 5.91 Å². The van der Waals surface area contributed by atoms with E-state index in [0.717, 1.165) is 0 Å². The number of nitrogens with one attached hydrogen (secondary N) is 2. The van der Waals surface area contributed by atoms with Gasteiger partial charge in [0.2, 0.25) is 0 Å². The van der Waals surface area contributed by atoms with Gasteiger partial charge in [0.05, 0.1) is 20.8 Å². The SMILES string of the molecule is CCOC(=O)NC(CNC(=O)c1cc(OC)c(Br)c(OC)c1)CC(C)C. The van der Waals surface area contributed by atoms with Crippen molar-refractivity contribution in [1.82, 2.24) is 10.6 Å². The minimum absolute atomic E-state index is 0.225. The summed E-state index contributed by atoms with van der Waals surface area (Å²) in [5, 5.41) is 5.62. The highest BCUT2D eigenvalue weighted by Crippen LogP contribution is 2.35. The first-order chi connectivity index (χ1) is 12.3. The number of rotatable bonds is 9. The van der Waals surface area contributed by atoms with Crippen LogP contribution in [0.4, 0.5) is 4.79 Å². The molecule has 26 heavy (non-hydrogen) atoms. The van der Waals surface area contributed by atoms with E-state index < -0.39 is 6.09 Å². The Morgan fingerprint density at radius 2 is 1.73 bits per heavy atom. The molecule has 0 aliphatic heterocycles. The lowest BCUT2D eigenvalue weighted by atomic mass is 10.0. The summed E-state index contributed by atoms with van der Waals surface area (Å²) in [4.78, 5) is 24.2. The summed E-state index contributed by atoms with van der Waals surface area (Å²) in [5.74, 6) is 1.07. The summed E-state index contributed by atoms with van der Waals surface area (Å²) in [7, 11) is 3.03. The Labute approximate surface area is 162 Å². The van der Waals surface area contributed by atoms with Crippen LogP contribution in [0.25, 0.3) is 0 Å². The van der Waals surface area contributed by atoms with E-state index in [2.05, 4.69) is 26.6 Å². The van der Waals surface area contributed by atoms with E-state index in [4.69, 9.17) is 14.2 Å². The van der Waals surface area contributed by atoms with Crippen LogP contribution < -0.4 is 20.1 Å². The highest BCUT2D eigenvalue weighted by Gasteiger charge is 2.18. The molecule has 0 radical (unpaired) electrons. The first-order valence-corrected chi connectivity index (χ1v) is 9.24.